The highest BCUT2D eigenvalue weighted by molar-refractivity contribution is 5.74. The van der Waals surface area contributed by atoms with Crippen LogP contribution >= 0.6 is 0 Å². The number of benzene rings is 1. The van der Waals surface area contributed by atoms with E-state index < -0.39 is 6.04 Å². The van der Waals surface area contributed by atoms with Gasteiger partial charge >= 0.3 is 6.03 Å². The van der Waals surface area contributed by atoms with Gasteiger partial charge in [0, 0.05) is 0 Å². The molecule has 0 saturated carbocycles. The highest BCUT2D eigenvalue weighted by Gasteiger charge is 2.14. The minimum Gasteiger partial charge on any atom is -0.448 e. The summed E-state index contributed by atoms with van der Waals surface area (Å²) in [4.78, 5) is 15.9. The number of nitrogens with one attached hydrogen (secondary N) is 2. The number of carbonyl (C=O) groups excluding carboxylic acids is 1. The Balaban J connectivity index is 1.91. The van der Waals surface area contributed by atoms with Crippen LogP contribution in [0.2, 0.25) is 0 Å². The first-order valence-electron chi connectivity index (χ1n) is 7.27. The van der Waals surface area contributed by atoms with Crippen molar-refractivity contribution in [3.05, 3.63) is 53.2 Å². The van der Waals surface area contributed by atoms with E-state index in [0.29, 0.717) is 11.5 Å². The average molecular weight is 303 g/mol. The molecule has 1 heterocycles. The molecule has 0 aliphatic carbocycles. The topological polar surface area (TPSA) is 87.4 Å². The predicted molar refractivity (Wildman–Crippen MR) is 82.3 cm³/mol. The van der Waals surface area contributed by atoms with Crippen LogP contribution in [0.25, 0.3) is 0 Å². The Labute approximate surface area is 129 Å². The molecule has 22 heavy (non-hydrogen) atoms. The Morgan fingerprint density at radius 2 is 2.09 bits per heavy atom. The molecule has 1 aromatic carbocycles. The number of aryl methyl sites for hydroxylation is 2. The number of aromatic nitrogens is 1. The van der Waals surface area contributed by atoms with Gasteiger partial charge in [-0.1, -0.05) is 31.2 Å². The number of nitrogens with zero attached hydrogens (tertiary/aromatic N) is 1. The highest BCUT2D eigenvalue weighted by Crippen LogP contribution is 2.14. The van der Waals surface area contributed by atoms with E-state index in [2.05, 4.69) is 22.5 Å². The summed E-state index contributed by atoms with van der Waals surface area (Å²) in [6, 6.07) is 7.03. The first kappa shape index (κ1) is 16.0. The predicted octanol–water partition coefficient (Wildman–Crippen LogP) is 2.08. The standard InChI is InChI=1S/C16H21N3O3/c1-3-12-4-6-13(7-5-12)15(9-20)19-16(21)17-8-14-11(2)22-10-18-14/h4-7,10,15,20H,3,8-9H2,1-2H3,(H2,17,19,21). The number of carbonyl (C=O) groups is 1. The molecule has 118 valence electrons. The van der Waals surface area contributed by atoms with Gasteiger partial charge in [-0.25, -0.2) is 9.78 Å². The van der Waals surface area contributed by atoms with Gasteiger partial charge in [-0.3, -0.25) is 0 Å². The smallest absolute Gasteiger partial charge is 0.315 e. The molecular formula is C16H21N3O3. The second-order valence-electron chi connectivity index (χ2n) is 5.01. The van der Waals surface area contributed by atoms with Gasteiger partial charge in [0.05, 0.1) is 19.2 Å². The van der Waals surface area contributed by atoms with E-state index in [1.54, 1.807) is 6.92 Å². The highest BCUT2D eigenvalue weighted by atomic mass is 16.3. The minimum atomic E-state index is -0.440. The lowest BCUT2D eigenvalue weighted by atomic mass is 10.0. The number of amides is 2. The number of urea groups is 1. The van der Waals surface area contributed by atoms with Crippen LogP contribution in [-0.2, 0) is 13.0 Å². The average Bonchev–Trinajstić information content (AvgIpc) is 2.96. The van der Waals surface area contributed by atoms with E-state index in [1.807, 2.05) is 24.3 Å². The Bertz CT molecular complexity index is 607. The van der Waals surface area contributed by atoms with Crippen LogP contribution in [0, 0.1) is 6.92 Å². The van der Waals surface area contributed by atoms with Gasteiger partial charge in [0.25, 0.3) is 0 Å². The van der Waals surface area contributed by atoms with Crippen LogP contribution in [0.15, 0.2) is 35.1 Å². The van der Waals surface area contributed by atoms with Gasteiger partial charge < -0.3 is 20.2 Å². The first-order valence-corrected chi connectivity index (χ1v) is 7.27. The van der Waals surface area contributed by atoms with Crippen LogP contribution in [0.4, 0.5) is 4.79 Å². The SMILES string of the molecule is CCc1ccc(C(CO)NC(=O)NCc2ncoc2C)cc1. The van der Waals surface area contributed by atoms with Crippen molar-refractivity contribution in [3.63, 3.8) is 0 Å². The van der Waals surface area contributed by atoms with E-state index in [9.17, 15) is 9.90 Å². The van der Waals surface area contributed by atoms with Crippen LogP contribution in [0.3, 0.4) is 0 Å². The molecule has 0 aliphatic rings. The van der Waals surface area contributed by atoms with E-state index in [4.69, 9.17) is 4.42 Å². The van der Waals surface area contributed by atoms with Crippen molar-refractivity contribution >= 4 is 6.03 Å². The molecular weight excluding hydrogens is 282 g/mol. The van der Waals surface area contributed by atoms with Crippen LogP contribution in [0.1, 0.15) is 35.5 Å². The number of rotatable bonds is 6. The summed E-state index contributed by atoms with van der Waals surface area (Å²) < 4.78 is 5.07. The molecule has 2 amide bonds. The maximum absolute atomic E-state index is 11.9. The molecule has 1 unspecified atom stereocenters. The molecule has 0 fully saturated rings. The van der Waals surface area contributed by atoms with Crippen LogP contribution in [-0.4, -0.2) is 22.7 Å². The fourth-order valence-corrected chi connectivity index (χ4v) is 2.09. The third-order valence-corrected chi connectivity index (χ3v) is 3.54. The maximum atomic E-state index is 11.9. The van der Waals surface area contributed by atoms with Gasteiger partial charge in [-0.2, -0.15) is 0 Å². The van der Waals surface area contributed by atoms with Crippen LogP contribution in [0.5, 0.6) is 0 Å². The molecule has 1 aromatic heterocycles. The molecule has 0 bridgehead atoms. The normalized spacial score (nSPS) is 12.0. The molecule has 2 rings (SSSR count). The van der Waals surface area contributed by atoms with Crippen molar-refractivity contribution in [2.75, 3.05) is 6.61 Å². The molecule has 0 saturated heterocycles. The molecule has 0 aliphatic heterocycles. The van der Waals surface area contributed by atoms with E-state index in [-0.39, 0.29) is 19.2 Å². The fourth-order valence-electron chi connectivity index (χ4n) is 2.09. The molecule has 0 radical (unpaired) electrons. The monoisotopic (exact) mass is 303 g/mol. The summed E-state index contributed by atoms with van der Waals surface area (Å²) in [5.74, 6) is 0.675. The largest absolute Gasteiger partial charge is 0.448 e. The summed E-state index contributed by atoms with van der Waals surface area (Å²) in [7, 11) is 0. The van der Waals surface area contributed by atoms with E-state index >= 15 is 0 Å². The summed E-state index contributed by atoms with van der Waals surface area (Å²) in [6.07, 6.45) is 2.30. The lowest BCUT2D eigenvalue weighted by Gasteiger charge is -2.17. The second kappa shape index (κ2) is 7.61. The first-order chi connectivity index (χ1) is 10.6. The van der Waals surface area contributed by atoms with Crippen molar-refractivity contribution < 1.29 is 14.3 Å². The third-order valence-electron chi connectivity index (χ3n) is 3.54. The zero-order valence-electron chi connectivity index (χ0n) is 12.8. The molecule has 1 atom stereocenters. The van der Waals surface area contributed by atoms with Gasteiger partial charge in [0.1, 0.15) is 11.5 Å². The zero-order valence-corrected chi connectivity index (χ0v) is 12.8. The molecule has 2 aromatic rings. The number of aliphatic hydroxyl groups excluding tert-OH is 1. The van der Waals surface area contributed by atoms with E-state index in [0.717, 1.165) is 12.0 Å². The van der Waals surface area contributed by atoms with Gasteiger partial charge in [0.15, 0.2) is 6.39 Å². The lowest BCUT2D eigenvalue weighted by Crippen LogP contribution is -2.39. The Morgan fingerprint density at radius 3 is 2.64 bits per heavy atom. The molecule has 6 heteroatoms. The Hall–Kier alpha value is -2.34. The number of hydrogen-bond donors (Lipinski definition) is 3. The third kappa shape index (κ3) is 4.08. The number of aliphatic hydroxyl groups is 1. The number of hydrogen-bond acceptors (Lipinski definition) is 4. The van der Waals surface area contributed by atoms with Crippen molar-refractivity contribution in [1.29, 1.82) is 0 Å². The quantitative estimate of drug-likeness (QED) is 0.762. The van der Waals surface area contributed by atoms with Gasteiger partial charge in [-0.05, 0) is 24.5 Å². The maximum Gasteiger partial charge on any atom is 0.315 e. The number of oxazole rings is 1. The van der Waals surface area contributed by atoms with Crippen molar-refractivity contribution in [1.82, 2.24) is 15.6 Å². The second-order valence-corrected chi connectivity index (χ2v) is 5.01. The van der Waals surface area contributed by atoms with Gasteiger partial charge in [0.2, 0.25) is 0 Å². The summed E-state index contributed by atoms with van der Waals surface area (Å²) in [5.41, 5.74) is 2.77. The Kier molecular flexibility index (Phi) is 5.55. The molecule has 0 spiro atoms. The Morgan fingerprint density at radius 1 is 1.36 bits per heavy atom. The molecule has 3 N–H and O–H groups in total. The van der Waals surface area contributed by atoms with Crippen molar-refractivity contribution in [2.24, 2.45) is 0 Å². The lowest BCUT2D eigenvalue weighted by molar-refractivity contribution is 0.216. The minimum absolute atomic E-state index is 0.165. The fraction of sp³-hybridized carbons (Fsp3) is 0.375. The van der Waals surface area contributed by atoms with Gasteiger partial charge in [-0.15, -0.1) is 0 Å². The summed E-state index contributed by atoms with van der Waals surface area (Å²) >= 11 is 0. The van der Waals surface area contributed by atoms with Crippen molar-refractivity contribution in [2.45, 2.75) is 32.9 Å². The van der Waals surface area contributed by atoms with Crippen LogP contribution < -0.4 is 10.6 Å². The van der Waals surface area contributed by atoms with Crippen molar-refractivity contribution in [3.8, 4) is 0 Å². The summed E-state index contributed by atoms with van der Waals surface area (Å²) in [6.45, 7) is 3.98. The summed E-state index contributed by atoms with van der Waals surface area (Å²) in [5, 5.41) is 14.9. The van der Waals surface area contributed by atoms with E-state index in [1.165, 1.54) is 12.0 Å². The zero-order chi connectivity index (χ0) is 15.9. The molecule has 6 nitrogen and oxygen atoms in total.